The highest BCUT2D eigenvalue weighted by Crippen LogP contribution is 2.38. The molecule has 1 amide bonds. The van der Waals surface area contributed by atoms with Crippen LogP contribution >= 0.6 is 0 Å². The highest BCUT2D eigenvalue weighted by atomic mass is 19.1. The van der Waals surface area contributed by atoms with Gasteiger partial charge in [0.25, 0.3) is 0 Å². The largest absolute Gasteiger partial charge is 0.494 e. The van der Waals surface area contributed by atoms with Gasteiger partial charge in [0.2, 0.25) is 5.91 Å². The van der Waals surface area contributed by atoms with Gasteiger partial charge in [0.05, 0.1) is 18.3 Å². The van der Waals surface area contributed by atoms with E-state index in [1.807, 2.05) is 25.1 Å². The molecule has 1 aromatic heterocycles. The van der Waals surface area contributed by atoms with Crippen molar-refractivity contribution in [3.8, 4) is 0 Å². The van der Waals surface area contributed by atoms with E-state index in [1.54, 1.807) is 13.1 Å². The highest BCUT2D eigenvalue weighted by Gasteiger charge is 2.28. The average molecular weight is 506 g/mol. The molecule has 5 nitrogen and oxygen atoms in total. The minimum atomic E-state index is -0.594. The zero-order valence-corrected chi connectivity index (χ0v) is 23.5. The van der Waals surface area contributed by atoms with Crippen molar-refractivity contribution in [2.45, 2.75) is 60.4 Å². The summed E-state index contributed by atoms with van der Waals surface area (Å²) in [6.45, 7) is 19.1. The Morgan fingerprint density at radius 1 is 1.24 bits per heavy atom. The van der Waals surface area contributed by atoms with Crippen molar-refractivity contribution in [2.75, 3.05) is 19.1 Å². The topological polar surface area (TPSA) is 45.7 Å². The molecule has 0 fully saturated rings. The fourth-order valence-corrected chi connectivity index (χ4v) is 4.27. The Morgan fingerprint density at radius 2 is 1.92 bits per heavy atom. The quantitative estimate of drug-likeness (QED) is 0.233. The standard InChI is InChI=1S/C31H40FN3O2/c1-11-21(7)34(9)19-24(13-3)25-17-26-28(16-23(25)12-2)33-18-20(6)30(26)35(22(8)36)31(27(32)14-4)29(15-5)37-10/h13-19,21H,3,5,11-12H2,1-2,4,6-10H3/b24-19+,27-14+,31-29-. The number of nitrogens with zero attached hydrogens (tertiary/aromatic N) is 3. The number of hydrogen-bond donors (Lipinski definition) is 0. The Hall–Kier alpha value is -3.67. The number of carbonyl (C=O) groups is 1. The van der Waals surface area contributed by atoms with Gasteiger partial charge in [-0.2, -0.15) is 0 Å². The molecule has 0 saturated carbocycles. The number of aryl methyl sites for hydroxylation is 2. The zero-order valence-electron chi connectivity index (χ0n) is 23.5. The van der Waals surface area contributed by atoms with E-state index in [1.165, 1.54) is 31.1 Å². The molecule has 0 aliphatic rings. The van der Waals surface area contributed by atoms with Gasteiger partial charge in [0.1, 0.15) is 17.3 Å². The first-order valence-corrected chi connectivity index (χ1v) is 12.6. The fourth-order valence-electron chi connectivity index (χ4n) is 4.27. The van der Waals surface area contributed by atoms with Gasteiger partial charge in [-0.05, 0) is 80.2 Å². The molecule has 1 unspecified atom stereocenters. The van der Waals surface area contributed by atoms with Crippen molar-refractivity contribution in [1.82, 2.24) is 9.88 Å². The van der Waals surface area contributed by atoms with E-state index in [0.29, 0.717) is 17.2 Å². The highest BCUT2D eigenvalue weighted by molar-refractivity contribution is 6.07. The van der Waals surface area contributed by atoms with Gasteiger partial charge in [-0.25, -0.2) is 4.39 Å². The number of ether oxygens (including phenoxy) is 1. The number of hydrogen-bond acceptors (Lipinski definition) is 4. The summed E-state index contributed by atoms with van der Waals surface area (Å²) < 4.78 is 20.7. The van der Waals surface area contributed by atoms with E-state index in [2.05, 4.69) is 57.1 Å². The van der Waals surface area contributed by atoms with E-state index < -0.39 is 5.83 Å². The molecule has 1 aromatic carbocycles. The van der Waals surface area contributed by atoms with E-state index >= 15 is 4.39 Å². The predicted molar refractivity (Wildman–Crippen MR) is 154 cm³/mol. The lowest BCUT2D eigenvalue weighted by atomic mass is 9.94. The molecule has 1 atom stereocenters. The number of carbonyl (C=O) groups excluding carboxylic acids is 1. The van der Waals surface area contributed by atoms with Crippen LogP contribution in [0.5, 0.6) is 0 Å². The Balaban J connectivity index is 3.04. The average Bonchev–Trinajstić information content (AvgIpc) is 2.90. The van der Waals surface area contributed by atoms with Gasteiger partial charge in [-0.3, -0.25) is 14.7 Å². The van der Waals surface area contributed by atoms with Crippen LogP contribution in [0.3, 0.4) is 0 Å². The molecule has 6 heteroatoms. The summed E-state index contributed by atoms with van der Waals surface area (Å²) in [4.78, 5) is 21.3. The number of amides is 1. The van der Waals surface area contributed by atoms with Crippen molar-refractivity contribution in [1.29, 1.82) is 0 Å². The maximum absolute atomic E-state index is 15.3. The maximum Gasteiger partial charge on any atom is 0.228 e. The predicted octanol–water partition coefficient (Wildman–Crippen LogP) is 7.63. The number of pyridine rings is 1. The van der Waals surface area contributed by atoms with Crippen LogP contribution < -0.4 is 4.90 Å². The molecule has 2 rings (SSSR count). The lowest BCUT2D eigenvalue weighted by Gasteiger charge is -2.28. The third-order valence-corrected chi connectivity index (χ3v) is 6.67. The fraction of sp³-hybridized carbons (Fsp3) is 0.355. The molecule has 0 bridgehead atoms. The molecule has 0 N–H and O–H groups in total. The van der Waals surface area contributed by atoms with Crippen molar-refractivity contribution < 1.29 is 13.9 Å². The summed E-state index contributed by atoms with van der Waals surface area (Å²) >= 11 is 0. The van der Waals surface area contributed by atoms with Crippen LogP contribution in [0.15, 0.2) is 73.2 Å². The number of allylic oxidation sites excluding steroid dienone is 5. The summed E-state index contributed by atoms with van der Waals surface area (Å²) in [5.74, 6) is -0.804. The van der Waals surface area contributed by atoms with Crippen LogP contribution in [0.2, 0.25) is 0 Å². The second-order valence-corrected chi connectivity index (χ2v) is 8.99. The summed E-state index contributed by atoms with van der Waals surface area (Å²) in [7, 11) is 3.48. The molecule has 1 heterocycles. The van der Waals surface area contributed by atoms with Crippen LogP contribution in [-0.4, -0.2) is 36.0 Å². The molecule has 2 aromatic rings. The summed E-state index contributed by atoms with van der Waals surface area (Å²) in [5, 5.41) is 0.724. The minimum Gasteiger partial charge on any atom is -0.494 e. The van der Waals surface area contributed by atoms with Crippen molar-refractivity contribution in [3.05, 3.63) is 89.9 Å². The van der Waals surface area contributed by atoms with E-state index in [9.17, 15) is 4.79 Å². The summed E-state index contributed by atoms with van der Waals surface area (Å²) in [6, 6.07) is 4.42. The molecule has 0 radical (unpaired) electrons. The lowest BCUT2D eigenvalue weighted by molar-refractivity contribution is -0.116. The number of anilines is 1. The Kier molecular flexibility index (Phi) is 10.4. The van der Waals surface area contributed by atoms with Gasteiger partial charge in [-0.1, -0.05) is 33.1 Å². The van der Waals surface area contributed by atoms with Crippen LogP contribution in [-0.2, 0) is 16.0 Å². The van der Waals surface area contributed by atoms with Gasteiger partial charge < -0.3 is 9.64 Å². The smallest absolute Gasteiger partial charge is 0.228 e. The van der Waals surface area contributed by atoms with E-state index in [-0.39, 0.29) is 17.4 Å². The van der Waals surface area contributed by atoms with Gasteiger partial charge in [-0.15, -0.1) is 0 Å². The zero-order chi connectivity index (χ0) is 27.9. The molecular formula is C31H40FN3O2. The monoisotopic (exact) mass is 505 g/mol. The number of rotatable bonds is 11. The van der Waals surface area contributed by atoms with Gasteiger partial charge in [0, 0.05) is 37.8 Å². The molecule has 0 aliphatic heterocycles. The normalized spacial score (nSPS) is 13.6. The SMILES string of the molecule is C=C/C(OC)=C(\C(F)=C/C)N(C(C)=O)c1c(C)cnc2cc(CC)c(/C(C=C)=C/N(C)C(C)CC)cc12. The van der Waals surface area contributed by atoms with Crippen molar-refractivity contribution in [3.63, 3.8) is 0 Å². The Morgan fingerprint density at radius 3 is 2.41 bits per heavy atom. The third kappa shape index (κ3) is 6.19. The van der Waals surface area contributed by atoms with Crippen molar-refractivity contribution in [2.24, 2.45) is 0 Å². The Bertz CT molecular complexity index is 1270. The van der Waals surface area contributed by atoms with E-state index in [0.717, 1.165) is 40.5 Å². The number of halogens is 1. The molecule has 0 aliphatic carbocycles. The lowest BCUT2D eigenvalue weighted by Crippen LogP contribution is -2.30. The minimum absolute atomic E-state index is 0.000193. The first-order valence-electron chi connectivity index (χ1n) is 12.6. The molecule has 37 heavy (non-hydrogen) atoms. The van der Waals surface area contributed by atoms with E-state index in [4.69, 9.17) is 4.74 Å². The first kappa shape index (κ1) is 29.6. The van der Waals surface area contributed by atoms with Crippen LogP contribution in [0.4, 0.5) is 10.1 Å². The first-order chi connectivity index (χ1) is 17.6. The molecule has 0 spiro atoms. The number of benzene rings is 1. The Labute approximate surface area is 221 Å². The maximum atomic E-state index is 15.3. The second kappa shape index (κ2) is 13.0. The van der Waals surface area contributed by atoms with Crippen LogP contribution in [0.25, 0.3) is 16.5 Å². The van der Waals surface area contributed by atoms with Crippen molar-refractivity contribution >= 4 is 28.1 Å². The summed E-state index contributed by atoms with van der Waals surface area (Å²) in [5.41, 5.74) is 5.03. The summed E-state index contributed by atoms with van der Waals surface area (Å²) in [6.07, 6.45) is 10.1. The number of fused-ring (bicyclic) bond motifs is 1. The number of aromatic nitrogens is 1. The van der Waals surface area contributed by atoms with Crippen LogP contribution in [0.1, 0.15) is 57.7 Å². The van der Waals surface area contributed by atoms with Crippen LogP contribution in [0, 0.1) is 6.92 Å². The van der Waals surface area contributed by atoms with Gasteiger partial charge in [0.15, 0.2) is 0 Å². The number of methoxy groups -OCH3 is 1. The molecule has 198 valence electrons. The molecular weight excluding hydrogens is 465 g/mol. The third-order valence-electron chi connectivity index (χ3n) is 6.67. The van der Waals surface area contributed by atoms with Gasteiger partial charge >= 0.3 is 0 Å². The second-order valence-electron chi connectivity index (χ2n) is 8.99. The molecule has 0 saturated heterocycles.